The maximum atomic E-state index is 12.5. The summed E-state index contributed by atoms with van der Waals surface area (Å²) in [6.45, 7) is 10.4. The van der Waals surface area contributed by atoms with Crippen LogP contribution in [-0.4, -0.2) is 58.9 Å². The fourth-order valence-electron chi connectivity index (χ4n) is 3.90. The van der Waals surface area contributed by atoms with Crippen molar-refractivity contribution in [2.45, 2.75) is 64.1 Å². The number of hydrogen-bond donors (Lipinski definition) is 1. The summed E-state index contributed by atoms with van der Waals surface area (Å²) >= 11 is 3.40. The molecule has 8 heteroatoms. The average Bonchev–Trinajstić information content (AvgIpc) is 3.11. The van der Waals surface area contributed by atoms with Crippen molar-refractivity contribution < 1.29 is 9.53 Å². The first kappa shape index (κ1) is 22.0. The van der Waals surface area contributed by atoms with Crippen LogP contribution in [0.2, 0.25) is 0 Å². The molecule has 6 nitrogen and oxygen atoms in total. The van der Waals surface area contributed by atoms with Gasteiger partial charge in [0.2, 0.25) is 5.91 Å². The van der Waals surface area contributed by atoms with Crippen molar-refractivity contribution >= 4 is 39.2 Å². The van der Waals surface area contributed by atoms with Crippen molar-refractivity contribution in [2.75, 3.05) is 32.1 Å². The van der Waals surface area contributed by atoms with Gasteiger partial charge in [-0.3, -0.25) is 9.69 Å². The number of aryl methyl sites for hydroxylation is 2. The summed E-state index contributed by atoms with van der Waals surface area (Å²) in [5.41, 5.74) is 1.43. The Labute approximate surface area is 187 Å². The number of thiophene rings is 1. The summed E-state index contributed by atoms with van der Waals surface area (Å²) in [6, 6.07) is 0.175. The summed E-state index contributed by atoms with van der Waals surface area (Å²) in [5.74, 6) is 1.76. The molecular weight excluding hydrogens is 416 g/mol. The van der Waals surface area contributed by atoms with Crippen LogP contribution in [0.4, 0.5) is 0 Å². The van der Waals surface area contributed by atoms with Crippen LogP contribution in [0.25, 0.3) is 10.2 Å². The molecule has 4 rings (SSSR count). The number of amides is 1. The van der Waals surface area contributed by atoms with Gasteiger partial charge in [0.1, 0.15) is 15.7 Å². The Hall–Kier alpha value is -1.22. The van der Waals surface area contributed by atoms with Gasteiger partial charge in [-0.05, 0) is 44.1 Å². The minimum absolute atomic E-state index is 0.0757. The van der Waals surface area contributed by atoms with Crippen LogP contribution < -0.4 is 5.32 Å². The van der Waals surface area contributed by atoms with Crippen molar-refractivity contribution in [3.63, 3.8) is 0 Å². The van der Waals surface area contributed by atoms with Gasteiger partial charge in [-0.2, -0.15) is 0 Å². The van der Waals surface area contributed by atoms with Crippen LogP contribution in [0.1, 0.15) is 49.9 Å². The number of thioether (sulfide) groups is 1. The Morgan fingerprint density at radius 1 is 1.20 bits per heavy atom. The van der Waals surface area contributed by atoms with Crippen LogP contribution in [0, 0.1) is 5.92 Å². The molecule has 2 aromatic rings. The van der Waals surface area contributed by atoms with E-state index in [1.54, 1.807) is 11.8 Å². The Morgan fingerprint density at radius 3 is 2.73 bits per heavy atom. The highest BCUT2D eigenvalue weighted by Gasteiger charge is 2.23. The van der Waals surface area contributed by atoms with E-state index < -0.39 is 0 Å². The molecule has 1 unspecified atom stereocenters. The quantitative estimate of drug-likeness (QED) is 0.515. The minimum Gasteiger partial charge on any atom is -0.379 e. The van der Waals surface area contributed by atoms with Crippen molar-refractivity contribution in [3.8, 4) is 0 Å². The molecule has 2 aromatic heterocycles. The Bertz CT molecular complexity index is 893. The van der Waals surface area contributed by atoms with E-state index >= 15 is 0 Å². The van der Waals surface area contributed by atoms with E-state index in [9.17, 15) is 4.79 Å². The second-order valence-corrected chi connectivity index (χ2v) is 10.7. The van der Waals surface area contributed by atoms with E-state index in [1.165, 1.54) is 28.7 Å². The van der Waals surface area contributed by atoms with Gasteiger partial charge in [0.05, 0.1) is 25.5 Å². The Morgan fingerprint density at radius 2 is 1.97 bits per heavy atom. The van der Waals surface area contributed by atoms with Crippen molar-refractivity contribution in [2.24, 2.45) is 5.92 Å². The number of nitrogens with zero attached hydrogens (tertiary/aromatic N) is 3. The molecule has 1 aliphatic heterocycles. The summed E-state index contributed by atoms with van der Waals surface area (Å²) in [4.78, 5) is 27.3. The zero-order chi connectivity index (χ0) is 21.1. The van der Waals surface area contributed by atoms with Crippen LogP contribution in [0.3, 0.4) is 0 Å². The molecule has 2 aliphatic rings. The topological polar surface area (TPSA) is 67.4 Å². The van der Waals surface area contributed by atoms with Crippen molar-refractivity contribution in [1.29, 1.82) is 0 Å². The third-order valence-electron chi connectivity index (χ3n) is 6.03. The summed E-state index contributed by atoms with van der Waals surface area (Å²) in [5, 5.41) is 5.30. The van der Waals surface area contributed by atoms with Gasteiger partial charge < -0.3 is 10.1 Å². The number of fused-ring (bicyclic) bond motifs is 3. The van der Waals surface area contributed by atoms with Gasteiger partial charge in [0, 0.05) is 29.4 Å². The second kappa shape index (κ2) is 9.94. The smallest absolute Gasteiger partial charge is 0.230 e. The highest BCUT2D eigenvalue weighted by atomic mass is 32.2. The number of aromatic nitrogens is 2. The normalized spacial score (nSPS) is 18.5. The van der Waals surface area contributed by atoms with Gasteiger partial charge in [-0.1, -0.05) is 25.6 Å². The average molecular weight is 449 g/mol. The first-order valence-corrected chi connectivity index (χ1v) is 12.8. The monoisotopic (exact) mass is 448 g/mol. The molecule has 30 heavy (non-hydrogen) atoms. The first-order valence-electron chi connectivity index (χ1n) is 11.0. The summed E-state index contributed by atoms with van der Waals surface area (Å²) in [6.07, 6.45) is 4.73. The van der Waals surface area contributed by atoms with E-state index in [1.807, 2.05) is 11.3 Å². The number of nitrogens with one attached hydrogen (secondary N) is 1. The largest absolute Gasteiger partial charge is 0.379 e. The molecule has 1 fully saturated rings. The molecule has 1 saturated heterocycles. The molecule has 0 radical (unpaired) electrons. The third-order valence-corrected chi connectivity index (χ3v) is 8.19. The number of rotatable bonds is 7. The van der Waals surface area contributed by atoms with Gasteiger partial charge in [-0.15, -0.1) is 11.3 Å². The van der Waals surface area contributed by atoms with Crippen LogP contribution in [0.5, 0.6) is 0 Å². The van der Waals surface area contributed by atoms with Crippen LogP contribution in [0.15, 0.2) is 5.03 Å². The Balaban J connectivity index is 1.58. The number of ether oxygens (including phenoxy) is 1. The van der Waals surface area contributed by atoms with Gasteiger partial charge >= 0.3 is 0 Å². The fourth-order valence-corrected chi connectivity index (χ4v) is 6.13. The third kappa shape index (κ3) is 5.15. The highest BCUT2D eigenvalue weighted by Crippen LogP contribution is 2.39. The van der Waals surface area contributed by atoms with Crippen molar-refractivity contribution in [1.82, 2.24) is 20.2 Å². The fraction of sp³-hybridized carbons (Fsp3) is 0.682. The maximum absolute atomic E-state index is 12.5. The number of hydrogen-bond acceptors (Lipinski definition) is 7. The van der Waals surface area contributed by atoms with Gasteiger partial charge in [0.15, 0.2) is 0 Å². The van der Waals surface area contributed by atoms with Crippen molar-refractivity contribution in [3.05, 3.63) is 16.3 Å². The maximum Gasteiger partial charge on any atom is 0.230 e. The van der Waals surface area contributed by atoms with Gasteiger partial charge in [0.25, 0.3) is 0 Å². The molecule has 1 N–H and O–H groups in total. The van der Waals surface area contributed by atoms with E-state index in [2.05, 4.69) is 31.0 Å². The zero-order valence-corrected chi connectivity index (χ0v) is 19.8. The molecule has 0 aromatic carbocycles. The first-order chi connectivity index (χ1) is 14.5. The Kier molecular flexibility index (Phi) is 7.28. The summed E-state index contributed by atoms with van der Waals surface area (Å²) < 4.78 is 5.47. The highest BCUT2D eigenvalue weighted by molar-refractivity contribution is 8.00. The van der Waals surface area contributed by atoms with E-state index in [-0.39, 0.29) is 11.9 Å². The van der Waals surface area contributed by atoms with E-state index in [0.29, 0.717) is 11.7 Å². The molecule has 0 spiro atoms. The lowest BCUT2D eigenvalue weighted by Gasteiger charge is -2.25. The molecule has 0 saturated carbocycles. The molecule has 1 amide bonds. The molecular formula is C22H32N4O2S2. The van der Waals surface area contributed by atoms with Crippen LogP contribution >= 0.6 is 23.1 Å². The molecule has 1 aliphatic carbocycles. The molecule has 0 bridgehead atoms. The zero-order valence-electron chi connectivity index (χ0n) is 18.2. The molecule has 3 heterocycles. The minimum atomic E-state index is 0.0757. The lowest BCUT2D eigenvalue weighted by Crippen LogP contribution is -2.37. The summed E-state index contributed by atoms with van der Waals surface area (Å²) in [7, 11) is 0. The van der Waals surface area contributed by atoms with Crippen LogP contribution in [-0.2, 0) is 28.9 Å². The predicted molar refractivity (Wildman–Crippen MR) is 123 cm³/mol. The second-order valence-electron chi connectivity index (χ2n) is 8.61. The number of carbonyl (C=O) groups excluding carboxylic acids is 1. The SMILES string of the molecule is CC(C)C(C)NC(=O)CSc1nc(CN2CCOCC2)nc2sc3c(c12)CCCC3. The number of morpholine rings is 1. The lowest BCUT2D eigenvalue weighted by molar-refractivity contribution is -0.119. The van der Waals surface area contributed by atoms with E-state index in [4.69, 9.17) is 14.7 Å². The molecule has 164 valence electrons. The lowest BCUT2D eigenvalue weighted by atomic mass is 9.97. The standard InChI is InChI=1S/C22H32N4O2S2/c1-14(2)15(3)23-19(27)13-29-21-20-16-6-4-5-7-17(16)30-22(20)25-18(24-21)12-26-8-10-28-11-9-26/h14-15H,4-13H2,1-3H3,(H,23,27). The molecule has 1 atom stereocenters. The predicted octanol–water partition coefficient (Wildman–Crippen LogP) is 3.66. The van der Waals surface area contributed by atoms with Gasteiger partial charge in [-0.25, -0.2) is 9.97 Å². The van der Waals surface area contributed by atoms with E-state index in [0.717, 1.165) is 61.4 Å². The number of carbonyl (C=O) groups is 1.